The Labute approximate surface area is 90.7 Å². The molecule has 84 valence electrons. The molecular formula is C11H18N2O2. The van der Waals surface area contributed by atoms with E-state index in [-0.39, 0.29) is 0 Å². The van der Waals surface area contributed by atoms with Crippen LogP contribution in [0.3, 0.4) is 0 Å². The second-order valence-corrected chi connectivity index (χ2v) is 3.70. The van der Waals surface area contributed by atoms with E-state index in [1.54, 1.807) is 7.11 Å². The van der Waals surface area contributed by atoms with Gasteiger partial charge in [-0.05, 0) is 6.92 Å². The quantitative estimate of drug-likeness (QED) is 0.697. The van der Waals surface area contributed by atoms with Crippen LogP contribution in [-0.2, 0) is 4.74 Å². The van der Waals surface area contributed by atoms with Gasteiger partial charge in [-0.3, -0.25) is 0 Å². The van der Waals surface area contributed by atoms with Gasteiger partial charge in [0.05, 0.1) is 6.61 Å². The van der Waals surface area contributed by atoms with Crippen LogP contribution in [0.2, 0.25) is 0 Å². The van der Waals surface area contributed by atoms with Crippen LogP contribution in [0.15, 0.2) is 6.07 Å². The van der Waals surface area contributed by atoms with Crippen molar-refractivity contribution in [2.45, 2.75) is 26.7 Å². The predicted octanol–water partition coefficient (Wildman–Crippen LogP) is 1.93. The van der Waals surface area contributed by atoms with Gasteiger partial charge in [-0.15, -0.1) is 0 Å². The number of aromatic nitrogens is 2. The molecule has 0 N–H and O–H groups in total. The summed E-state index contributed by atoms with van der Waals surface area (Å²) in [5.41, 5.74) is 0.932. The van der Waals surface area contributed by atoms with Crippen molar-refractivity contribution in [1.29, 1.82) is 0 Å². The van der Waals surface area contributed by atoms with E-state index in [2.05, 4.69) is 23.8 Å². The number of rotatable bonds is 5. The van der Waals surface area contributed by atoms with Gasteiger partial charge in [-0.2, -0.15) is 4.98 Å². The first-order valence-electron chi connectivity index (χ1n) is 5.10. The van der Waals surface area contributed by atoms with Gasteiger partial charge in [0.1, 0.15) is 12.4 Å². The molecule has 0 fully saturated rings. The van der Waals surface area contributed by atoms with Crippen LogP contribution in [0.5, 0.6) is 5.88 Å². The Kier molecular flexibility index (Phi) is 4.49. The Balaban J connectivity index is 2.71. The highest BCUT2D eigenvalue weighted by atomic mass is 16.5. The second-order valence-electron chi connectivity index (χ2n) is 3.70. The third kappa shape index (κ3) is 3.83. The number of methoxy groups -OCH3 is 1. The van der Waals surface area contributed by atoms with E-state index in [4.69, 9.17) is 9.47 Å². The summed E-state index contributed by atoms with van der Waals surface area (Å²) in [7, 11) is 1.65. The molecule has 0 unspecified atom stereocenters. The van der Waals surface area contributed by atoms with Crippen LogP contribution in [0.25, 0.3) is 0 Å². The largest absolute Gasteiger partial charge is 0.475 e. The maximum atomic E-state index is 5.44. The molecule has 1 heterocycles. The first-order valence-corrected chi connectivity index (χ1v) is 5.10. The van der Waals surface area contributed by atoms with E-state index >= 15 is 0 Å². The highest BCUT2D eigenvalue weighted by molar-refractivity contribution is 5.16. The van der Waals surface area contributed by atoms with Crippen molar-refractivity contribution in [3.05, 3.63) is 17.6 Å². The first kappa shape index (κ1) is 11.9. The molecule has 0 atom stereocenters. The van der Waals surface area contributed by atoms with Crippen molar-refractivity contribution in [3.63, 3.8) is 0 Å². The summed E-state index contributed by atoms with van der Waals surface area (Å²) in [6, 6.07) is 1.83. The fourth-order valence-corrected chi connectivity index (χ4v) is 1.12. The minimum absolute atomic E-state index is 0.315. The zero-order valence-corrected chi connectivity index (χ0v) is 9.78. The second kappa shape index (κ2) is 5.66. The van der Waals surface area contributed by atoms with E-state index in [0.717, 1.165) is 11.5 Å². The van der Waals surface area contributed by atoms with Gasteiger partial charge >= 0.3 is 0 Å². The molecule has 4 nitrogen and oxygen atoms in total. The summed E-state index contributed by atoms with van der Waals surface area (Å²) >= 11 is 0. The van der Waals surface area contributed by atoms with E-state index in [1.165, 1.54) is 0 Å². The average Bonchev–Trinajstić information content (AvgIpc) is 2.17. The SMILES string of the molecule is COCCOc1cc(C)nc(C(C)C)n1. The number of aryl methyl sites for hydroxylation is 1. The van der Waals surface area contributed by atoms with Crippen LogP contribution < -0.4 is 4.74 Å². The van der Waals surface area contributed by atoms with Gasteiger partial charge in [0.2, 0.25) is 5.88 Å². The lowest BCUT2D eigenvalue weighted by Crippen LogP contribution is -2.08. The van der Waals surface area contributed by atoms with Crippen molar-refractivity contribution in [2.75, 3.05) is 20.3 Å². The number of ether oxygens (including phenoxy) is 2. The predicted molar refractivity (Wildman–Crippen MR) is 58.2 cm³/mol. The van der Waals surface area contributed by atoms with Crippen LogP contribution in [0, 0.1) is 6.92 Å². The van der Waals surface area contributed by atoms with Gasteiger partial charge in [-0.25, -0.2) is 4.98 Å². The van der Waals surface area contributed by atoms with Crippen LogP contribution >= 0.6 is 0 Å². The molecule has 0 amide bonds. The van der Waals surface area contributed by atoms with Crippen molar-refractivity contribution in [2.24, 2.45) is 0 Å². The molecule has 4 heteroatoms. The minimum atomic E-state index is 0.315. The zero-order chi connectivity index (χ0) is 11.3. The lowest BCUT2D eigenvalue weighted by Gasteiger charge is -2.09. The summed E-state index contributed by atoms with van der Waals surface area (Å²) in [6.07, 6.45) is 0. The van der Waals surface area contributed by atoms with Gasteiger partial charge in [0.15, 0.2) is 0 Å². The van der Waals surface area contributed by atoms with E-state index < -0.39 is 0 Å². The lowest BCUT2D eigenvalue weighted by molar-refractivity contribution is 0.143. The van der Waals surface area contributed by atoms with Crippen LogP contribution in [0.1, 0.15) is 31.3 Å². The number of hydrogen-bond donors (Lipinski definition) is 0. The Morgan fingerprint density at radius 1 is 1.27 bits per heavy atom. The molecule has 0 saturated heterocycles. The van der Waals surface area contributed by atoms with Gasteiger partial charge < -0.3 is 9.47 Å². The normalized spacial score (nSPS) is 10.7. The van der Waals surface area contributed by atoms with Crippen LogP contribution in [0.4, 0.5) is 0 Å². The van der Waals surface area contributed by atoms with Gasteiger partial charge in [0.25, 0.3) is 0 Å². The number of hydrogen-bond acceptors (Lipinski definition) is 4. The standard InChI is InChI=1S/C11H18N2O2/c1-8(2)11-12-9(3)7-10(13-11)15-6-5-14-4/h7-8H,5-6H2,1-4H3. The fraction of sp³-hybridized carbons (Fsp3) is 0.636. The lowest BCUT2D eigenvalue weighted by atomic mass is 10.2. The summed E-state index contributed by atoms with van der Waals surface area (Å²) in [4.78, 5) is 8.66. The third-order valence-corrected chi connectivity index (χ3v) is 1.90. The summed E-state index contributed by atoms with van der Waals surface area (Å²) in [6.45, 7) is 7.16. The first-order chi connectivity index (χ1) is 7.13. The minimum Gasteiger partial charge on any atom is -0.475 e. The highest BCUT2D eigenvalue weighted by Gasteiger charge is 2.06. The molecule has 0 bridgehead atoms. The van der Waals surface area contributed by atoms with Crippen molar-refractivity contribution in [1.82, 2.24) is 9.97 Å². The number of nitrogens with zero attached hydrogens (tertiary/aromatic N) is 2. The van der Waals surface area contributed by atoms with Crippen molar-refractivity contribution in [3.8, 4) is 5.88 Å². The summed E-state index contributed by atoms with van der Waals surface area (Å²) in [5.74, 6) is 1.76. The zero-order valence-electron chi connectivity index (χ0n) is 9.78. The molecule has 0 aliphatic carbocycles. The summed E-state index contributed by atoms with van der Waals surface area (Å²) < 4.78 is 10.3. The molecule has 1 aromatic heterocycles. The van der Waals surface area contributed by atoms with Crippen molar-refractivity contribution < 1.29 is 9.47 Å². The summed E-state index contributed by atoms with van der Waals surface area (Å²) in [5, 5.41) is 0. The molecule has 0 aromatic carbocycles. The fourth-order valence-electron chi connectivity index (χ4n) is 1.12. The molecule has 15 heavy (non-hydrogen) atoms. The van der Waals surface area contributed by atoms with Gasteiger partial charge in [0, 0.05) is 24.8 Å². The average molecular weight is 210 g/mol. The molecule has 1 aromatic rings. The smallest absolute Gasteiger partial charge is 0.216 e. The van der Waals surface area contributed by atoms with E-state index in [1.807, 2.05) is 13.0 Å². The Morgan fingerprint density at radius 2 is 2.00 bits per heavy atom. The Hall–Kier alpha value is -1.16. The molecule has 0 saturated carbocycles. The van der Waals surface area contributed by atoms with E-state index in [9.17, 15) is 0 Å². The molecule has 0 aliphatic heterocycles. The Bertz CT molecular complexity index is 313. The molecular weight excluding hydrogens is 192 g/mol. The topological polar surface area (TPSA) is 44.2 Å². The molecule has 1 rings (SSSR count). The van der Waals surface area contributed by atoms with Gasteiger partial charge in [-0.1, -0.05) is 13.8 Å². The maximum Gasteiger partial charge on any atom is 0.216 e. The highest BCUT2D eigenvalue weighted by Crippen LogP contribution is 2.14. The van der Waals surface area contributed by atoms with Crippen LogP contribution in [-0.4, -0.2) is 30.3 Å². The van der Waals surface area contributed by atoms with E-state index in [0.29, 0.717) is 25.0 Å². The Morgan fingerprint density at radius 3 is 2.60 bits per heavy atom. The maximum absolute atomic E-state index is 5.44. The monoisotopic (exact) mass is 210 g/mol. The molecule has 0 radical (unpaired) electrons. The van der Waals surface area contributed by atoms with Crippen molar-refractivity contribution >= 4 is 0 Å². The third-order valence-electron chi connectivity index (χ3n) is 1.90. The molecule has 0 spiro atoms. The molecule has 0 aliphatic rings.